The molecule has 1 N–H and O–H groups in total. The second-order valence-corrected chi connectivity index (χ2v) is 9.83. The molecule has 1 saturated heterocycles. The van der Waals surface area contributed by atoms with Crippen molar-refractivity contribution in [2.24, 2.45) is 5.92 Å². The van der Waals surface area contributed by atoms with E-state index in [0.29, 0.717) is 16.4 Å². The van der Waals surface area contributed by atoms with Crippen LogP contribution in [0.2, 0.25) is 0 Å². The van der Waals surface area contributed by atoms with Gasteiger partial charge in [0, 0.05) is 18.7 Å². The molecule has 1 aliphatic carbocycles. The number of rotatable bonds is 6. The molecule has 0 atom stereocenters. The molecule has 0 spiro atoms. The Labute approximate surface area is 169 Å². The van der Waals surface area contributed by atoms with E-state index in [1.807, 2.05) is 11.9 Å². The van der Waals surface area contributed by atoms with Crippen LogP contribution in [0.3, 0.4) is 0 Å². The van der Waals surface area contributed by atoms with E-state index in [2.05, 4.69) is 5.32 Å². The number of nitrogens with one attached hydrogen (secondary N) is 1. The molecule has 27 heavy (non-hydrogen) atoms. The fraction of sp³-hybridized carbons (Fsp3) is 0.650. The minimum Gasteiger partial charge on any atom is -0.339 e. The highest BCUT2D eigenvalue weighted by molar-refractivity contribution is 7.92. The van der Waals surface area contributed by atoms with Crippen molar-refractivity contribution in [1.82, 2.24) is 10.2 Å². The molecular weight excluding hydrogens is 384 g/mol. The van der Waals surface area contributed by atoms with E-state index < -0.39 is 9.84 Å². The van der Waals surface area contributed by atoms with Gasteiger partial charge in [-0.2, -0.15) is 0 Å². The van der Waals surface area contributed by atoms with Crippen LogP contribution in [0.15, 0.2) is 29.2 Å². The van der Waals surface area contributed by atoms with Gasteiger partial charge in [-0.25, -0.2) is 8.42 Å². The summed E-state index contributed by atoms with van der Waals surface area (Å²) >= 11 is 0. The minimum absolute atomic E-state index is 0. The highest BCUT2D eigenvalue weighted by Gasteiger charge is 2.30. The van der Waals surface area contributed by atoms with Crippen molar-refractivity contribution in [1.29, 1.82) is 0 Å². The fourth-order valence-corrected chi connectivity index (χ4v) is 5.99. The molecule has 152 valence electrons. The molecule has 2 aliphatic rings. The summed E-state index contributed by atoms with van der Waals surface area (Å²) in [5.74, 6) is 0.701. The molecule has 7 heteroatoms. The number of piperidine rings is 1. The summed E-state index contributed by atoms with van der Waals surface area (Å²) in [6.07, 6.45) is 6.74. The third kappa shape index (κ3) is 5.24. The summed E-state index contributed by atoms with van der Waals surface area (Å²) in [7, 11) is -1.29. The zero-order valence-corrected chi connectivity index (χ0v) is 17.7. The zero-order chi connectivity index (χ0) is 18.6. The molecule has 0 aromatic heterocycles. The lowest BCUT2D eigenvalue weighted by Crippen LogP contribution is -2.39. The van der Waals surface area contributed by atoms with Gasteiger partial charge in [-0.15, -0.1) is 12.4 Å². The first-order valence-corrected chi connectivity index (χ1v) is 11.3. The molecular formula is C20H31ClN2O3S. The Hall–Kier alpha value is -1.11. The van der Waals surface area contributed by atoms with E-state index in [9.17, 15) is 13.2 Å². The number of likely N-dealkylation sites (tertiary alicyclic amines) is 1. The van der Waals surface area contributed by atoms with Crippen molar-refractivity contribution in [2.75, 3.05) is 26.7 Å². The number of carbonyl (C=O) groups is 1. The van der Waals surface area contributed by atoms with Gasteiger partial charge in [0.25, 0.3) is 5.91 Å². The SMILES string of the molecule is CNCCC1CCN(C(=O)c2ccc(S(=O)(=O)C3CCCC3)cc2)CC1.Cl. The number of halogens is 1. The van der Waals surface area contributed by atoms with Gasteiger partial charge in [0.2, 0.25) is 0 Å². The first-order valence-electron chi connectivity index (χ1n) is 9.80. The van der Waals surface area contributed by atoms with E-state index in [4.69, 9.17) is 0 Å². The van der Waals surface area contributed by atoms with Gasteiger partial charge in [0.15, 0.2) is 9.84 Å². The summed E-state index contributed by atoms with van der Waals surface area (Å²) in [5, 5.41) is 2.93. The second-order valence-electron chi connectivity index (χ2n) is 7.60. The van der Waals surface area contributed by atoms with Crippen LogP contribution < -0.4 is 5.32 Å². The lowest BCUT2D eigenvalue weighted by atomic mass is 9.93. The highest BCUT2D eigenvalue weighted by Crippen LogP contribution is 2.30. The first-order chi connectivity index (χ1) is 12.5. The quantitative estimate of drug-likeness (QED) is 0.775. The molecule has 0 radical (unpaired) electrons. The molecule has 5 nitrogen and oxygen atoms in total. The fourth-order valence-electron chi connectivity index (χ4n) is 4.13. The van der Waals surface area contributed by atoms with Crippen LogP contribution in [0, 0.1) is 5.92 Å². The molecule has 0 unspecified atom stereocenters. The van der Waals surface area contributed by atoms with Gasteiger partial charge in [-0.3, -0.25) is 4.79 Å². The molecule has 2 fully saturated rings. The first kappa shape index (κ1) is 22.2. The lowest BCUT2D eigenvalue weighted by molar-refractivity contribution is 0.0687. The van der Waals surface area contributed by atoms with Gasteiger partial charge in [0.05, 0.1) is 10.1 Å². The Morgan fingerprint density at radius 3 is 2.22 bits per heavy atom. The Kier molecular flexibility index (Phi) is 8.13. The average molecular weight is 415 g/mol. The third-order valence-electron chi connectivity index (χ3n) is 5.88. The van der Waals surface area contributed by atoms with E-state index >= 15 is 0 Å². The summed E-state index contributed by atoms with van der Waals surface area (Å²) in [5.41, 5.74) is 0.587. The molecule has 1 heterocycles. The van der Waals surface area contributed by atoms with Crippen molar-refractivity contribution in [2.45, 2.75) is 55.1 Å². The summed E-state index contributed by atoms with van der Waals surface area (Å²) in [4.78, 5) is 15.0. The predicted molar refractivity (Wildman–Crippen MR) is 110 cm³/mol. The largest absolute Gasteiger partial charge is 0.339 e. The lowest BCUT2D eigenvalue weighted by Gasteiger charge is -2.32. The topological polar surface area (TPSA) is 66.5 Å². The van der Waals surface area contributed by atoms with E-state index in [-0.39, 0.29) is 23.6 Å². The number of nitrogens with zero attached hydrogens (tertiary/aromatic N) is 1. The summed E-state index contributed by atoms with van der Waals surface area (Å²) in [6.45, 7) is 2.60. The second kappa shape index (κ2) is 9.89. The average Bonchev–Trinajstić information content (AvgIpc) is 3.22. The maximum atomic E-state index is 12.7. The number of hydrogen-bond donors (Lipinski definition) is 1. The zero-order valence-electron chi connectivity index (χ0n) is 16.0. The molecule has 1 aromatic rings. The van der Waals surface area contributed by atoms with E-state index in [0.717, 1.165) is 64.6 Å². The number of sulfone groups is 1. The van der Waals surface area contributed by atoms with Gasteiger partial charge >= 0.3 is 0 Å². The Bertz CT molecular complexity index is 707. The van der Waals surface area contributed by atoms with Crippen molar-refractivity contribution in [3.8, 4) is 0 Å². The molecule has 0 bridgehead atoms. The van der Waals surface area contributed by atoms with Crippen molar-refractivity contribution >= 4 is 28.2 Å². The van der Waals surface area contributed by atoms with Gasteiger partial charge in [-0.05, 0) is 75.9 Å². The minimum atomic E-state index is -3.25. The number of carbonyl (C=O) groups excluding carboxylic acids is 1. The third-order valence-corrected chi connectivity index (χ3v) is 8.15. The molecule has 1 aliphatic heterocycles. The van der Waals surface area contributed by atoms with Crippen LogP contribution in [0.1, 0.15) is 55.3 Å². The number of hydrogen-bond acceptors (Lipinski definition) is 4. The summed E-state index contributed by atoms with van der Waals surface area (Å²) in [6, 6.07) is 6.58. The van der Waals surface area contributed by atoms with E-state index in [1.165, 1.54) is 0 Å². The smallest absolute Gasteiger partial charge is 0.253 e. The van der Waals surface area contributed by atoms with Crippen molar-refractivity contribution < 1.29 is 13.2 Å². The number of amides is 1. The molecule has 1 amide bonds. The normalized spacial score (nSPS) is 19.1. The Morgan fingerprint density at radius 1 is 1.07 bits per heavy atom. The van der Waals surface area contributed by atoms with Crippen LogP contribution in [0.5, 0.6) is 0 Å². The molecule has 1 saturated carbocycles. The Balaban J connectivity index is 0.00000261. The van der Waals surface area contributed by atoms with Crippen LogP contribution in [0.25, 0.3) is 0 Å². The predicted octanol–water partition coefficient (Wildman–Crippen LogP) is 3.29. The molecule has 1 aromatic carbocycles. The summed E-state index contributed by atoms with van der Waals surface area (Å²) < 4.78 is 25.3. The maximum absolute atomic E-state index is 12.7. The van der Waals surface area contributed by atoms with E-state index in [1.54, 1.807) is 24.3 Å². The van der Waals surface area contributed by atoms with Crippen molar-refractivity contribution in [3.05, 3.63) is 29.8 Å². The van der Waals surface area contributed by atoms with Crippen LogP contribution in [-0.4, -0.2) is 51.2 Å². The standard InChI is InChI=1S/C20H30N2O3S.ClH/c1-21-13-10-16-11-14-22(15-12-16)20(23)17-6-8-19(9-7-17)26(24,25)18-4-2-3-5-18;/h6-9,16,18,21H,2-5,10-15H2,1H3;1H. The van der Waals surface area contributed by atoms with Gasteiger partial charge in [-0.1, -0.05) is 12.8 Å². The van der Waals surface area contributed by atoms with Crippen LogP contribution in [-0.2, 0) is 9.84 Å². The maximum Gasteiger partial charge on any atom is 0.253 e. The monoisotopic (exact) mass is 414 g/mol. The highest BCUT2D eigenvalue weighted by atomic mass is 35.5. The Morgan fingerprint density at radius 2 is 1.67 bits per heavy atom. The number of benzene rings is 1. The van der Waals surface area contributed by atoms with Crippen molar-refractivity contribution in [3.63, 3.8) is 0 Å². The van der Waals surface area contributed by atoms with Gasteiger partial charge in [0.1, 0.15) is 0 Å². The van der Waals surface area contributed by atoms with Gasteiger partial charge < -0.3 is 10.2 Å². The van der Waals surface area contributed by atoms with Crippen LogP contribution >= 0.6 is 12.4 Å². The van der Waals surface area contributed by atoms with Crippen LogP contribution in [0.4, 0.5) is 0 Å². The molecule has 3 rings (SSSR count).